The fourth-order valence-electron chi connectivity index (χ4n) is 2.99. The second kappa shape index (κ2) is 17.0. The first-order valence-electron chi connectivity index (χ1n) is 9.20. The van der Waals surface area contributed by atoms with Crippen molar-refractivity contribution in [3.05, 3.63) is 0 Å². The van der Waals surface area contributed by atoms with Crippen LogP contribution in [0.15, 0.2) is 0 Å². The highest BCUT2D eigenvalue weighted by molar-refractivity contribution is 4.49. The Labute approximate surface area is 151 Å². The minimum absolute atomic E-state index is 0. The maximum absolute atomic E-state index is 9.96. The van der Waals surface area contributed by atoms with E-state index in [4.69, 9.17) is 0 Å². The van der Waals surface area contributed by atoms with Gasteiger partial charge in [0.1, 0.15) is 0 Å². The molecule has 3 heteroatoms. The minimum atomic E-state index is 0. The van der Waals surface area contributed by atoms with E-state index >= 15 is 0 Å². The molecule has 0 radical (unpaired) electrons. The maximum Gasteiger partial charge on any atom is 0.180 e. The van der Waals surface area contributed by atoms with Gasteiger partial charge in [0.05, 0.1) is 19.6 Å². The molecule has 0 atom stereocenters. The SMILES string of the molecule is CCCCCC[N+](CO)(CCCCC)CCCCCC.[I-]. The lowest BCUT2D eigenvalue weighted by molar-refractivity contribution is -0.945. The second-order valence-corrected chi connectivity index (χ2v) is 6.48. The van der Waals surface area contributed by atoms with Gasteiger partial charge in [0.25, 0.3) is 0 Å². The number of quaternary nitrogens is 1. The van der Waals surface area contributed by atoms with E-state index in [-0.39, 0.29) is 24.0 Å². The van der Waals surface area contributed by atoms with Gasteiger partial charge in [0.15, 0.2) is 6.73 Å². The van der Waals surface area contributed by atoms with Crippen molar-refractivity contribution >= 4 is 0 Å². The highest BCUT2D eigenvalue weighted by Crippen LogP contribution is 2.16. The van der Waals surface area contributed by atoms with Crippen LogP contribution in [0.2, 0.25) is 0 Å². The largest absolute Gasteiger partial charge is 1.00 e. The first-order chi connectivity index (χ1) is 9.74. The summed E-state index contributed by atoms with van der Waals surface area (Å²) in [5.74, 6) is 0. The molecule has 0 aromatic carbocycles. The summed E-state index contributed by atoms with van der Waals surface area (Å²) in [6, 6.07) is 0. The van der Waals surface area contributed by atoms with Gasteiger partial charge < -0.3 is 33.6 Å². The monoisotopic (exact) mass is 413 g/mol. The number of aliphatic hydroxyl groups excluding tert-OH is 1. The summed E-state index contributed by atoms with van der Waals surface area (Å²) < 4.78 is 0.966. The van der Waals surface area contributed by atoms with Gasteiger partial charge in [0, 0.05) is 0 Å². The molecule has 0 amide bonds. The third-order valence-corrected chi connectivity index (χ3v) is 4.51. The Morgan fingerprint density at radius 1 is 0.571 bits per heavy atom. The quantitative estimate of drug-likeness (QED) is 0.189. The van der Waals surface area contributed by atoms with Crippen LogP contribution < -0.4 is 24.0 Å². The van der Waals surface area contributed by atoms with Gasteiger partial charge in [-0.2, -0.15) is 0 Å². The van der Waals surface area contributed by atoms with Gasteiger partial charge in [0.2, 0.25) is 0 Å². The second-order valence-electron chi connectivity index (χ2n) is 6.48. The van der Waals surface area contributed by atoms with Crippen LogP contribution in [-0.2, 0) is 0 Å². The van der Waals surface area contributed by atoms with Crippen LogP contribution in [0.5, 0.6) is 0 Å². The van der Waals surface area contributed by atoms with Gasteiger partial charge in [-0.05, 0) is 38.5 Å². The standard InChI is InChI=1S/C18H40NO.HI/c1-4-7-10-13-16-19(18-20,15-12-9-6-3)17-14-11-8-5-2;/h20H,4-18H2,1-3H3;1H/q+1;/p-1. The number of hydrogen-bond acceptors (Lipinski definition) is 1. The Morgan fingerprint density at radius 2 is 0.905 bits per heavy atom. The van der Waals surface area contributed by atoms with Gasteiger partial charge >= 0.3 is 0 Å². The Hall–Kier alpha value is 0.650. The highest BCUT2D eigenvalue weighted by Gasteiger charge is 2.24. The topological polar surface area (TPSA) is 20.2 Å². The first kappa shape index (κ1) is 23.9. The van der Waals surface area contributed by atoms with Crippen LogP contribution in [0.3, 0.4) is 0 Å². The van der Waals surface area contributed by atoms with Crippen molar-refractivity contribution in [3.63, 3.8) is 0 Å². The summed E-state index contributed by atoms with van der Waals surface area (Å²) in [5.41, 5.74) is 0. The number of halogens is 1. The van der Waals surface area contributed by atoms with E-state index < -0.39 is 0 Å². The number of hydrogen-bond donors (Lipinski definition) is 1. The Morgan fingerprint density at radius 3 is 1.24 bits per heavy atom. The molecule has 0 aliphatic carbocycles. The predicted molar refractivity (Wildman–Crippen MR) is 89.8 cm³/mol. The van der Waals surface area contributed by atoms with E-state index in [1.54, 1.807) is 0 Å². The molecule has 0 rings (SSSR count). The molecule has 1 N–H and O–H groups in total. The molecule has 130 valence electrons. The Bertz CT molecular complexity index is 188. The number of unbranched alkanes of at least 4 members (excludes halogenated alkanes) is 8. The average molecular weight is 413 g/mol. The summed E-state index contributed by atoms with van der Waals surface area (Å²) in [6.07, 6.45) is 14.4. The molecule has 0 saturated carbocycles. The van der Waals surface area contributed by atoms with Crippen molar-refractivity contribution in [2.24, 2.45) is 0 Å². The van der Waals surface area contributed by atoms with Crippen molar-refractivity contribution in [3.8, 4) is 0 Å². The van der Waals surface area contributed by atoms with E-state index in [1.165, 1.54) is 90.3 Å². The first-order valence-corrected chi connectivity index (χ1v) is 9.20. The van der Waals surface area contributed by atoms with Gasteiger partial charge in [-0.1, -0.05) is 52.9 Å². The van der Waals surface area contributed by atoms with E-state index in [2.05, 4.69) is 20.8 Å². The summed E-state index contributed by atoms with van der Waals surface area (Å²) in [6.45, 7) is 10.7. The van der Waals surface area contributed by atoms with Crippen LogP contribution in [-0.4, -0.2) is 36.0 Å². The molecule has 2 nitrogen and oxygen atoms in total. The highest BCUT2D eigenvalue weighted by atomic mass is 127. The fourth-order valence-corrected chi connectivity index (χ4v) is 2.99. The van der Waals surface area contributed by atoms with Crippen LogP contribution in [0.4, 0.5) is 0 Å². The average Bonchev–Trinajstić information content (AvgIpc) is 2.47. The van der Waals surface area contributed by atoms with E-state index in [0.29, 0.717) is 6.73 Å². The lowest BCUT2D eigenvalue weighted by atomic mass is 10.1. The molecular formula is C18H40INO. The zero-order valence-corrected chi connectivity index (χ0v) is 17.0. The normalized spacial score (nSPS) is 11.4. The zero-order chi connectivity index (χ0) is 15.1. The van der Waals surface area contributed by atoms with Crippen LogP contribution in [0, 0.1) is 0 Å². The number of nitrogens with zero attached hydrogens (tertiary/aromatic N) is 1. The molecule has 0 aromatic rings. The molecule has 0 aromatic heterocycles. The molecule has 0 aliphatic heterocycles. The summed E-state index contributed by atoms with van der Waals surface area (Å²) >= 11 is 0. The van der Waals surface area contributed by atoms with Gasteiger partial charge in [-0.15, -0.1) is 0 Å². The Kier molecular flexibility index (Phi) is 19.4. The van der Waals surface area contributed by atoms with Crippen LogP contribution in [0.25, 0.3) is 0 Å². The van der Waals surface area contributed by atoms with E-state index in [0.717, 1.165) is 4.48 Å². The van der Waals surface area contributed by atoms with E-state index in [1.807, 2.05) is 0 Å². The lowest BCUT2D eigenvalue weighted by Gasteiger charge is -2.37. The zero-order valence-electron chi connectivity index (χ0n) is 14.9. The molecule has 0 unspecified atom stereocenters. The third kappa shape index (κ3) is 12.8. The van der Waals surface area contributed by atoms with Crippen molar-refractivity contribution in [1.29, 1.82) is 0 Å². The molecule has 21 heavy (non-hydrogen) atoms. The lowest BCUT2D eigenvalue weighted by Crippen LogP contribution is -3.00. The van der Waals surface area contributed by atoms with Crippen molar-refractivity contribution in [1.82, 2.24) is 0 Å². The smallest absolute Gasteiger partial charge is 0.180 e. The number of aliphatic hydroxyl groups is 1. The molecule has 0 spiro atoms. The molecular weight excluding hydrogens is 373 g/mol. The summed E-state index contributed by atoms with van der Waals surface area (Å²) in [4.78, 5) is 0. The van der Waals surface area contributed by atoms with Crippen LogP contribution in [0.1, 0.15) is 91.4 Å². The molecule has 0 saturated heterocycles. The van der Waals surface area contributed by atoms with Crippen molar-refractivity contribution in [2.45, 2.75) is 91.4 Å². The van der Waals surface area contributed by atoms with Crippen molar-refractivity contribution < 1.29 is 33.6 Å². The van der Waals surface area contributed by atoms with E-state index in [9.17, 15) is 5.11 Å². The third-order valence-electron chi connectivity index (χ3n) is 4.51. The number of rotatable bonds is 15. The fraction of sp³-hybridized carbons (Fsp3) is 1.00. The summed E-state index contributed by atoms with van der Waals surface area (Å²) in [5, 5.41) is 9.96. The molecule has 0 bridgehead atoms. The van der Waals surface area contributed by atoms with Gasteiger partial charge in [-0.25, -0.2) is 0 Å². The summed E-state index contributed by atoms with van der Waals surface area (Å²) in [7, 11) is 0. The molecule has 0 fully saturated rings. The minimum Gasteiger partial charge on any atom is -1.00 e. The molecule has 0 heterocycles. The predicted octanol–water partition coefficient (Wildman–Crippen LogP) is 2.11. The molecule has 0 aliphatic rings. The Balaban J connectivity index is 0. The van der Waals surface area contributed by atoms with Crippen molar-refractivity contribution in [2.75, 3.05) is 26.4 Å². The van der Waals surface area contributed by atoms with Crippen LogP contribution >= 0.6 is 0 Å². The maximum atomic E-state index is 9.96. The van der Waals surface area contributed by atoms with Gasteiger partial charge in [-0.3, -0.25) is 0 Å².